The number of hydrogen-bond acceptors (Lipinski definition) is 8. The van der Waals surface area contributed by atoms with Crippen molar-refractivity contribution in [3.8, 4) is 17.3 Å². The third-order valence-electron chi connectivity index (χ3n) is 10.0. The van der Waals surface area contributed by atoms with E-state index in [-0.39, 0.29) is 43.5 Å². The van der Waals surface area contributed by atoms with E-state index in [4.69, 9.17) is 10.5 Å². The lowest BCUT2D eigenvalue weighted by Gasteiger charge is -2.40. The third kappa shape index (κ3) is 5.89. The molecule has 4 aliphatic rings. The summed E-state index contributed by atoms with van der Waals surface area (Å²) >= 11 is 0. The molecule has 2 unspecified atom stereocenters. The van der Waals surface area contributed by atoms with E-state index >= 15 is 4.39 Å². The Morgan fingerprint density at radius 3 is 2.37 bits per heavy atom. The Morgan fingerprint density at radius 2 is 1.71 bits per heavy atom. The number of nitrogens with two attached hydrogens (primary N) is 1. The second kappa shape index (κ2) is 11.6. The summed E-state index contributed by atoms with van der Waals surface area (Å²) in [5.41, 5.74) is -4.68. The van der Waals surface area contributed by atoms with Crippen molar-refractivity contribution >= 4 is 22.5 Å². The number of nitrogen functional groups attached to an aromatic ring is 1. The highest BCUT2D eigenvalue weighted by molar-refractivity contribution is 5.95. The van der Waals surface area contributed by atoms with E-state index in [2.05, 4.69) is 25.2 Å². The number of halogens is 10. The van der Waals surface area contributed by atoms with Gasteiger partial charge in [-0.05, 0) is 57.7 Å². The van der Waals surface area contributed by atoms with Gasteiger partial charge in [0, 0.05) is 36.7 Å². The number of pyridine rings is 1. The first-order valence-corrected chi connectivity index (χ1v) is 15.6. The van der Waals surface area contributed by atoms with Crippen LogP contribution in [-0.4, -0.2) is 69.8 Å². The molecule has 8 nitrogen and oxygen atoms in total. The first-order valence-electron chi connectivity index (χ1n) is 15.6. The molecule has 49 heavy (non-hydrogen) atoms. The number of benzene rings is 1. The first-order chi connectivity index (χ1) is 23.0. The molecule has 0 aliphatic carbocycles. The molecule has 0 saturated carbocycles. The second-order valence-corrected chi connectivity index (χ2v) is 13.1. The van der Waals surface area contributed by atoms with Crippen molar-refractivity contribution in [1.82, 2.24) is 25.2 Å². The van der Waals surface area contributed by atoms with Gasteiger partial charge in [0.2, 0.25) is 0 Å². The molecule has 4 fully saturated rings. The summed E-state index contributed by atoms with van der Waals surface area (Å²) in [6, 6.07) is -0.340. The number of piperazine rings is 1. The van der Waals surface area contributed by atoms with Crippen LogP contribution >= 0.6 is 0 Å². The van der Waals surface area contributed by atoms with Gasteiger partial charge in [-0.25, -0.2) is 13.8 Å². The maximum atomic E-state index is 16.7. The number of rotatable bonds is 6. The zero-order valence-corrected chi connectivity index (χ0v) is 25.6. The highest BCUT2D eigenvalue weighted by atomic mass is 19.4. The lowest BCUT2D eigenvalue weighted by molar-refractivity contribution is -0.141. The van der Waals surface area contributed by atoms with Gasteiger partial charge in [-0.15, -0.1) is 0 Å². The predicted octanol–water partition coefficient (Wildman–Crippen LogP) is 6.69. The molecule has 1 aromatic carbocycles. The molecule has 4 saturated heterocycles. The van der Waals surface area contributed by atoms with Crippen LogP contribution in [0.5, 0.6) is 6.01 Å². The molecule has 18 heteroatoms. The first kappa shape index (κ1) is 33.6. The molecule has 4 aliphatic heterocycles. The quantitative estimate of drug-likeness (QED) is 0.275. The molecule has 2 atom stereocenters. The summed E-state index contributed by atoms with van der Waals surface area (Å²) in [6.07, 6.45) is -8.35. The van der Waals surface area contributed by atoms with Gasteiger partial charge in [-0.1, -0.05) is 0 Å². The largest absolute Gasteiger partial charge is 0.461 e. The number of fused-ring (bicyclic) bond motifs is 4. The highest BCUT2D eigenvalue weighted by Gasteiger charge is 2.48. The molecule has 2 aromatic heterocycles. The van der Waals surface area contributed by atoms with Gasteiger partial charge in [0.05, 0.1) is 27.9 Å². The van der Waals surface area contributed by atoms with Gasteiger partial charge in [0.25, 0.3) is 6.08 Å². The molecule has 3 aromatic rings. The van der Waals surface area contributed by atoms with E-state index in [0.29, 0.717) is 18.6 Å². The number of anilines is 2. The zero-order chi connectivity index (χ0) is 35.1. The molecule has 2 bridgehead atoms. The number of alkyl halides is 6. The normalized spacial score (nSPS) is 23.7. The second-order valence-electron chi connectivity index (χ2n) is 13.1. The van der Waals surface area contributed by atoms with Crippen LogP contribution in [0.2, 0.25) is 0 Å². The van der Waals surface area contributed by atoms with Crippen LogP contribution in [0.25, 0.3) is 22.2 Å². The van der Waals surface area contributed by atoms with E-state index in [1.54, 1.807) is 0 Å². The Labute approximate surface area is 272 Å². The number of nitrogens with zero attached hydrogens (tertiary/aromatic N) is 5. The summed E-state index contributed by atoms with van der Waals surface area (Å²) in [6.45, 7) is 1.53. The molecular weight excluding hydrogens is 676 g/mol. The smallest absolute Gasteiger partial charge is 0.421 e. The molecule has 0 amide bonds. The highest BCUT2D eigenvalue weighted by Crippen LogP contribution is 2.48. The number of aromatic nitrogens is 3. The molecule has 0 radical (unpaired) electrons. The fraction of sp³-hybridized carbons (Fsp3) is 0.516. The Morgan fingerprint density at radius 1 is 1.00 bits per heavy atom. The average molecular weight is 706 g/mol. The van der Waals surface area contributed by atoms with Crippen LogP contribution in [0, 0.1) is 11.6 Å². The molecule has 0 spiro atoms. The van der Waals surface area contributed by atoms with E-state index in [1.807, 2.05) is 0 Å². The van der Waals surface area contributed by atoms with Gasteiger partial charge in [0.1, 0.15) is 35.1 Å². The molecule has 3 N–H and O–H groups in total. The standard InChI is InChI=1S/C31H29F10N7O/c32-18-10-20(42)43-25(22(18)31(39,40)41)21-17(30(36,37)38)9-16-24(23(21)35)44-27(49-14-29-4-1-7-48(29)8-2-5-29)45-26(16)47-12-15-3-6-28(13-47,46-15)11-19(33)34/h9-11,15,46H,1-8,12-14H2,(H2,42,43). The zero-order valence-electron chi connectivity index (χ0n) is 25.6. The minimum absolute atomic E-state index is 0.0389. The minimum Gasteiger partial charge on any atom is -0.461 e. The summed E-state index contributed by atoms with van der Waals surface area (Å²) < 4.78 is 151. The van der Waals surface area contributed by atoms with Crippen LogP contribution in [0.3, 0.4) is 0 Å². The summed E-state index contributed by atoms with van der Waals surface area (Å²) in [5, 5.41) is 2.53. The van der Waals surface area contributed by atoms with E-state index in [1.165, 1.54) is 4.90 Å². The van der Waals surface area contributed by atoms with Gasteiger partial charge in [-0.2, -0.15) is 45.1 Å². The summed E-state index contributed by atoms with van der Waals surface area (Å²) in [7, 11) is 0. The van der Waals surface area contributed by atoms with E-state index in [9.17, 15) is 39.5 Å². The number of hydrogen-bond donors (Lipinski definition) is 2. The molecule has 7 rings (SSSR count). The monoisotopic (exact) mass is 705 g/mol. The number of nitrogens with one attached hydrogen (secondary N) is 1. The van der Waals surface area contributed by atoms with Crippen molar-refractivity contribution in [2.75, 3.05) is 43.4 Å². The van der Waals surface area contributed by atoms with Crippen molar-refractivity contribution in [2.24, 2.45) is 0 Å². The Balaban J connectivity index is 1.46. The average Bonchev–Trinajstić information content (AvgIpc) is 3.65. The maximum Gasteiger partial charge on any atom is 0.421 e. The Bertz CT molecular complexity index is 1830. The van der Waals surface area contributed by atoms with E-state index < -0.39 is 86.8 Å². The SMILES string of the molecule is Nc1cc(F)c(C(F)(F)F)c(-c2c(C(F)(F)F)cc3c(N4CC5CCC(C=C(F)F)(C4)N5)nc(OCC45CCCN4CCC5)nc3c2F)n1. The third-order valence-corrected chi connectivity index (χ3v) is 10.0. The lowest BCUT2D eigenvalue weighted by Crippen LogP contribution is -2.59. The van der Waals surface area contributed by atoms with Crippen LogP contribution in [-0.2, 0) is 12.4 Å². The van der Waals surface area contributed by atoms with Crippen LogP contribution in [0.15, 0.2) is 24.3 Å². The molecule has 6 heterocycles. The topological polar surface area (TPSA) is 92.4 Å². The van der Waals surface area contributed by atoms with Crippen molar-refractivity contribution in [1.29, 1.82) is 0 Å². The molecule has 264 valence electrons. The van der Waals surface area contributed by atoms with E-state index in [0.717, 1.165) is 38.8 Å². The Kier molecular flexibility index (Phi) is 7.92. The van der Waals surface area contributed by atoms with Gasteiger partial charge >= 0.3 is 18.4 Å². The van der Waals surface area contributed by atoms with Crippen LogP contribution < -0.4 is 20.7 Å². The Hall–Kier alpha value is -3.93. The molecular formula is C31H29F10N7O. The van der Waals surface area contributed by atoms with Crippen LogP contribution in [0.4, 0.5) is 55.5 Å². The van der Waals surface area contributed by atoms with Crippen molar-refractivity contribution in [3.63, 3.8) is 0 Å². The fourth-order valence-corrected chi connectivity index (χ4v) is 8.04. The van der Waals surface area contributed by atoms with Crippen molar-refractivity contribution in [3.05, 3.63) is 47.1 Å². The maximum absolute atomic E-state index is 16.7. The minimum atomic E-state index is -5.60. The van der Waals surface area contributed by atoms with Gasteiger partial charge in [0.15, 0.2) is 5.82 Å². The summed E-state index contributed by atoms with van der Waals surface area (Å²) in [4.78, 5) is 15.4. The fourth-order valence-electron chi connectivity index (χ4n) is 8.04. The van der Waals surface area contributed by atoms with Crippen molar-refractivity contribution in [2.45, 2.75) is 68.0 Å². The van der Waals surface area contributed by atoms with Crippen LogP contribution in [0.1, 0.15) is 49.7 Å². The predicted molar refractivity (Wildman–Crippen MR) is 157 cm³/mol. The van der Waals surface area contributed by atoms with Gasteiger partial charge in [-0.3, -0.25) is 4.90 Å². The lowest BCUT2D eigenvalue weighted by atomic mass is 9.95. The number of ether oxygens (including phenoxy) is 1. The van der Waals surface area contributed by atoms with Crippen molar-refractivity contribution < 1.29 is 48.6 Å². The van der Waals surface area contributed by atoms with Gasteiger partial charge < -0.3 is 20.7 Å². The summed E-state index contributed by atoms with van der Waals surface area (Å²) in [5.74, 6) is -5.17.